The first-order valence-corrected chi connectivity index (χ1v) is 10.7. The number of amides is 1. The van der Waals surface area contributed by atoms with Gasteiger partial charge in [-0.3, -0.25) is 4.79 Å². The first kappa shape index (κ1) is 21.4. The standard InChI is InChI=1S/C20H21F2N3O2S2/c1-20(2,3)8-14-9-23-17(27-14)11-28-18-10-24-19(29-18)25-16(26)6-12-4-5-13(21)7-15(12)22/h4-5,7,9-10H,6,8,11H2,1-3H3,(H,24,25,26). The van der Waals surface area contributed by atoms with E-state index in [-0.39, 0.29) is 17.4 Å². The number of thiazole rings is 1. The molecule has 1 aromatic carbocycles. The molecule has 0 aliphatic carbocycles. The van der Waals surface area contributed by atoms with E-state index in [0.29, 0.717) is 16.8 Å². The zero-order valence-electron chi connectivity index (χ0n) is 16.3. The summed E-state index contributed by atoms with van der Waals surface area (Å²) in [5.41, 5.74) is 0.260. The van der Waals surface area contributed by atoms with Gasteiger partial charge in [0.15, 0.2) is 5.13 Å². The summed E-state index contributed by atoms with van der Waals surface area (Å²) in [6, 6.07) is 3.15. The fourth-order valence-corrected chi connectivity index (χ4v) is 4.28. The van der Waals surface area contributed by atoms with Gasteiger partial charge in [0.25, 0.3) is 0 Å². The highest BCUT2D eigenvalue weighted by atomic mass is 32.2. The number of carbonyl (C=O) groups excluding carboxylic acids is 1. The average Bonchev–Trinajstić information content (AvgIpc) is 3.23. The summed E-state index contributed by atoms with van der Waals surface area (Å²) in [5.74, 6) is 0.219. The molecular formula is C20H21F2N3O2S2. The van der Waals surface area contributed by atoms with Crippen LogP contribution in [0, 0.1) is 17.0 Å². The fraction of sp³-hybridized carbons (Fsp3) is 0.350. The van der Waals surface area contributed by atoms with E-state index in [0.717, 1.165) is 28.5 Å². The Balaban J connectivity index is 1.51. The lowest BCUT2D eigenvalue weighted by Gasteiger charge is -2.15. The average molecular weight is 438 g/mol. The summed E-state index contributed by atoms with van der Waals surface area (Å²) in [6.45, 7) is 6.42. The minimum absolute atomic E-state index is 0.130. The van der Waals surface area contributed by atoms with Gasteiger partial charge in [0, 0.05) is 12.5 Å². The van der Waals surface area contributed by atoms with Crippen molar-refractivity contribution < 1.29 is 18.0 Å². The number of oxazole rings is 1. The van der Waals surface area contributed by atoms with Crippen LogP contribution in [0.15, 0.2) is 39.2 Å². The van der Waals surface area contributed by atoms with Crippen LogP contribution in [-0.2, 0) is 23.4 Å². The van der Waals surface area contributed by atoms with Crippen molar-refractivity contribution in [3.05, 3.63) is 59.4 Å². The minimum Gasteiger partial charge on any atom is -0.445 e. The first-order chi connectivity index (χ1) is 13.7. The zero-order chi connectivity index (χ0) is 21.0. The van der Waals surface area contributed by atoms with E-state index in [9.17, 15) is 13.6 Å². The van der Waals surface area contributed by atoms with Crippen molar-refractivity contribution in [3.8, 4) is 0 Å². The maximum Gasteiger partial charge on any atom is 0.230 e. The monoisotopic (exact) mass is 437 g/mol. The zero-order valence-corrected chi connectivity index (χ0v) is 17.9. The van der Waals surface area contributed by atoms with Crippen LogP contribution in [-0.4, -0.2) is 15.9 Å². The quantitative estimate of drug-likeness (QED) is 0.496. The van der Waals surface area contributed by atoms with E-state index in [2.05, 4.69) is 36.1 Å². The predicted molar refractivity (Wildman–Crippen MR) is 110 cm³/mol. The molecule has 5 nitrogen and oxygen atoms in total. The molecule has 1 N–H and O–H groups in total. The minimum atomic E-state index is -0.743. The van der Waals surface area contributed by atoms with Gasteiger partial charge in [-0.25, -0.2) is 18.7 Å². The van der Waals surface area contributed by atoms with Crippen LogP contribution in [0.1, 0.15) is 38.0 Å². The first-order valence-electron chi connectivity index (χ1n) is 8.94. The van der Waals surface area contributed by atoms with Crippen LogP contribution >= 0.6 is 23.1 Å². The highest BCUT2D eigenvalue weighted by molar-refractivity contribution is 8.00. The van der Waals surface area contributed by atoms with Crippen molar-refractivity contribution in [1.29, 1.82) is 0 Å². The number of anilines is 1. The van der Waals surface area contributed by atoms with Gasteiger partial charge in [-0.15, -0.1) is 11.8 Å². The van der Waals surface area contributed by atoms with Crippen LogP contribution < -0.4 is 5.32 Å². The Bertz CT molecular complexity index is 996. The molecule has 0 aliphatic heterocycles. The number of hydrogen-bond acceptors (Lipinski definition) is 6. The third kappa shape index (κ3) is 6.64. The van der Waals surface area contributed by atoms with Gasteiger partial charge in [0.2, 0.25) is 11.8 Å². The Hall–Kier alpha value is -2.26. The van der Waals surface area contributed by atoms with Crippen molar-refractivity contribution in [2.45, 2.75) is 43.6 Å². The maximum atomic E-state index is 13.7. The molecule has 2 aromatic heterocycles. The smallest absolute Gasteiger partial charge is 0.230 e. The summed E-state index contributed by atoms with van der Waals surface area (Å²) >= 11 is 2.82. The van der Waals surface area contributed by atoms with E-state index >= 15 is 0 Å². The van der Waals surface area contributed by atoms with Crippen LogP contribution in [0.5, 0.6) is 0 Å². The second kappa shape index (κ2) is 9.04. The number of nitrogens with zero attached hydrogens (tertiary/aromatic N) is 2. The third-order valence-corrected chi connectivity index (χ3v) is 5.83. The molecule has 0 spiro atoms. The van der Waals surface area contributed by atoms with Gasteiger partial charge in [-0.2, -0.15) is 0 Å². The normalized spacial score (nSPS) is 11.6. The molecule has 0 radical (unpaired) electrons. The molecule has 3 rings (SSSR count). The van der Waals surface area contributed by atoms with E-state index in [4.69, 9.17) is 4.42 Å². The molecule has 0 fully saturated rings. The van der Waals surface area contributed by atoms with Gasteiger partial charge in [0.05, 0.1) is 28.8 Å². The van der Waals surface area contributed by atoms with Crippen LogP contribution in [0.2, 0.25) is 0 Å². The number of hydrogen-bond donors (Lipinski definition) is 1. The molecule has 9 heteroatoms. The molecule has 1 amide bonds. The van der Waals surface area contributed by atoms with Gasteiger partial charge in [-0.1, -0.05) is 38.2 Å². The number of aromatic nitrogens is 2. The number of nitrogens with one attached hydrogen (secondary N) is 1. The summed E-state index contributed by atoms with van der Waals surface area (Å²) in [5, 5.41) is 3.05. The molecule has 0 saturated heterocycles. The number of thioether (sulfide) groups is 1. The van der Waals surface area contributed by atoms with Crippen molar-refractivity contribution >= 4 is 34.1 Å². The summed E-state index contributed by atoms with van der Waals surface area (Å²) < 4.78 is 33.2. The number of carbonyl (C=O) groups is 1. The SMILES string of the molecule is CC(C)(C)Cc1cnc(CSc2cnc(NC(=O)Cc3ccc(F)cc3F)s2)o1. The second-order valence-electron chi connectivity index (χ2n) is 7.69. The van der Waals surface area contributed by atoms with E-state index in [1.807, 2.05) is 0 Å². The molecule has 0 saturated carbocycles. The van der Waals surface area contributed by atoms with Gasteiger partial charge >= 0.3 is 0 Å². The van der Waals surface area contributed by atoms with Crippen LogP contribution in [0.3, 0.4) is 0 Å². The Labute approximate surface area is 176 Å². The molecule has 0 atom stereocenters. The van der Waals surface area contributed by atoms with E-state index in [1.165, 1.54) is 29.2 Å². The summed E-state index contributed by atoms with van der Waals surface area (Å²) in [6.07, 6.45) is 4.04. The Morgan fingerprint density at radius 3 is 2.76 bits per heavy atom. The molecule has 0 bridgehead atoms. The predicted octanol–water partition coefficient (Wildman–Crippen LogP) is 5.47. The molecule has 29 heavy (non-hydrogen) atoms. The second-order valence-corrected chi connectivity index (χ2v) is 10.00. The molecular weight excluding hydrogens is 416 g/mol. The van der Waals surface area contributed by atoms with Crippen LogP contribution in [0.25, 0.3) is 0 Å². The van der Waals surface area contributed by atoms with E-state index < -0.39 is 17.5 Å². The van der Waals surface area contributed by atoms with Gasteiger partial charge < -0.3 is 9.73 Å². The largest absolute Gasteiger partial charge is 0.445 e. The van der Waals surface area contributed by atoms with Gasteiger partial charge in [0.1, 0.15) is 17.4 Å². The van der Waals surface area contributed by atoms with Crippen LogP contribution in [0.4, 0.5) is 13.9 Å². The summed E-state index contributed by atoms with van der Waals surface area (Å²) in [7, 11) is 0. The van der Waals surface area contributed by atoms with Crippen molar-refractivity contribution in [2.75, 3.05) is 5.32 Å². The number of halogens is 2. The number of rotatable bonds is 7. The fourth-order valence-electron chi connectivity index (χ4n) is 2.54. The van der Waals surface area contributed by atoms with Crippen molar-refractivity contribution in [2.24, 2.45) is 5.41 Å². The molecule has 0 aliphatic rings. The molecule has 2 heterocycles. The maximum absolute atomic E-state index is 13.7. The highest BCUT2D eigenvalue weighted by Crippen LogP contribution is 2.31. The Morgan fingerprint density at radius 1 is 1.24 bits per heavy atom. The lowest BCUT2D eigenvalue weighted by atomic mass is 9.91. The lowest BCUT2D eigenvalue weighted by molar-refractivity contribution is -0.115. The summed E-state index contributed by atoms with van der Waals surface area (Å²) in [4.78, 5) is 20.5. The molecule has 0 unspecified atom stereocenters. The topological polar surface area (TPSA) is 68.0 Å². The van der Waals surface area contributed by atoms with Crippen molar-refractivity contribution in [3.63, 3.8) is 0 Å². The molecule has 3 aromatic rings. The Kier molecular flexibility index (Phi) is 6.69. The third-order valence-electron chi connectivity index (χ3n) is 3.74. The number of benzene rings is 1. The van der Waals surface area contributed by atoms with Crippen molar-refractivity contribution in [1.82, 2.24) is 9.97 Å². The molecule has 154 valence electrons. The highest BCUT2D eigenvalue weighted by Gasteiger charge is 2.16. The lowest BCUT2D eigenvalue weighted by Crippen LogP contribution is -2.15. The Morgan fingerprint density at radius 2 is 2.03 bits per heavy atom. The van der Waals surface area contributed by atoms with E-state index in [1.54, 1.807) is 12.4 Å². The van der Waals surface area contributed by atoms with Gasteiger partial charge in [-0.05, 0) is 17.0 Å².